The van der Waals surface area contributed by atoms with Gasteiger partial charge in [-0.2, -0.15) is 4.31 Å². The number of carboxylic acid groups (broad SMARTS) is 1. The van der Waals surface area contributed by atoms with E-state index in [4.69, 9.17) is 0 Å². The molecule has 0 bridgehead atoms. The van der Waals surface area contributed by atoms with E-state index in [0.717, 1.165) is 5.57 Å². The van der Waals surface area contributed by atoms with E-state index >= 15 is 0 Å². The summed E-state index contributed by atoms with van der Waals surface area (Å²) in [6.45, 7) is 6.31. The minimum absolute atomic E-state index is 0.00662. The maximum Gasteiger partial charge on any atom is 0.352 e. The van der Waals surface area contributed by atoms with Gasteiger partial charge in [0, 0.05) is 25.3 Å². The van der Waals surface area contributed by atoms with Crippen molar-refractivity contribution in [1.29, 1.82) is 0 Å². The van der Waals surface area contributed by atoms with Gasteiger partial charge in [0.2, 0.25) is 10.0 Å². The summed E-state index contributed by atoms with van der Waals surface area (Å²) in [5.74, 6) is -1.13. The van der Waals surface area contributed by atoms with Crippen molar-refractivity contribution in [3.63, 3.8) is 0 Å². The van der Waals surface area contributed by atoms with Crippen LogP contribution in [0.15, 0.2) is 28.8 Å². The monoisotopic (exact) mass is 312 g/mol. The number of rotatable bonds is 4. The average molecular weight is 312 g/mol. The van der Waals surface area contributed by atoms with Crippen molar-refractivity contribution in [2.24, 2.45) is 0 Å². The summed E-state index contributed by atoms with van der Waals surface area (Å²) < 4.78 is 28.1. The van der Waals surface area contributed by atoms with Crippen LogP contribution < -0.4 is 0 Å². The third-order valence-electron chi connectivity index (χ3n) is 3.53. The first-order valence-corrected chi connectivity index (χ1v) is 8.28. The van der Waals surface area contributed by atoms with Crippen LogP contribution >= 0.6 is 0 Å². The van der Waals surface area contributed by atoms with Crippen molar-refractivity contribution in [1.82, 2.24) is 8.87 Å². The van der Waals surface area contributed by atoms with Gasteiger partial charge in [0.05, 0.1) is 0 Å². The molecule has 1 aromatic rings. The van der Waals surface area contributed by atoms with Crippen LogP contribution in [0.1, 0.15) is 43.7 Å². The Hall–Kier alpha value is -1.60. The number of hydrogen-bond acceptors (Lipinski definition) is 3. The largest absolute Gasteiger partial charge is 0.477 e. The van der Waals surface area contributed by atoms with Crippen LogP contribution in [0.3, 0.4) is 0 Å². The molecular weight excluding hydrogens is 292 g/mol. The summed E-state index contributed by atoms with van der Waals surface area (Å²) in [5, 5.41) is 9.21. The average Bonchev–Trinajstić information content (AvgIpc) is 2.84. The molecule has 0 aromatic carbocycles. The number of carbonyl (C=O) groups is 1. The molecule has 1 aliphatic heterocycles. The standard InChI is InChI=1S/C14H20N2O4S/c1-10(2)16-9-12(7-13(16)14(17)18)21(19,20)15-6-4-5-11(3)8-15/h5,7,9-10H,4,6,8H2,1-3H3,(H,17,18). The molecule has 1 aromatic heterocycles. The Kier molecular flexibility index (Phi) is 4.25. The Balaban J connectivity index is 2.43. The highest BCUT2D eigenvalue weighted by Crippen LogP contribution is 2.24. The first-order chi connectivity index (χ1) is 9.73. The van der Waals surface area contributed by atoms with E-state index in [1.165, 1.54) is 21.1 Å². The molecule has 7 heteroatoms. The molecule has 21 heavy (non-hydrogen) atoms. The second-order valence-electron chi connectivity index (χ2n) is 5.54. The van der Waals surface area contributed by atoms with Crippen molar-refractivity contribution in [3.05, 3.63) is 29.6 Å². The van der Waals surface area contributed by atoms with Gasteiger partial charge in [0.15, 0.2) is 0 Å². The highest BCUT2D eigenvalue weighted by molar-refractivity contribution is 7.89. The van der Waals surface area contributed by atoms with E-state index in [0.29, 0.717) is 19.5 Å². The summed E-state index contributed by atoms with van der Waals surface area (Å²) in [6.07, 6.45) is 4.12. The van der Waals surface area contributed by atoms with E-state index < -0.39 is 16.0 Å². The van der Waals surface area contributed by atoms with Gasteiger partial charge in [-0.1, -0.05) is 11.6 Å². The smallest absolute Gasteiger partial charge is 0.352 e. The number of aromatic carboxylic acids is 1. The van der Waals surface area contributed by atoms with Crippen molar-refractivity contribution in [2.45, 2.75) is 38.1 Å². The third-order valence-corrected chi connectivity index (χ3v) is 5.34. The highest BCUT2D eigenvalue weighted by atomic mass is 32.2. The molecule has 1 aliphatic rings. The summed E-state index contributed by atoms with van der Waals surface area (Å²) in [6, 6.07) is 1.12. The molecule has 0 radical (unpaired) electrons. The van der Waals surface area contributed by atoms with Gasteiger partial charge in [-0.25, -0.2) is 13.2 Å². The maximum absolute atomic E-state index is 12.6. The van der Waals surface area contributed by atoms with Crippen LogP contribution in [-0.2, 0) is 10.0 Å². The van der Waals surface area contributed by atoms with Crippen molar-refractivity contribution in [2.75, 3.05) is 13.1 Å². The molecule has 2 rings (SSSR count). The van der Waals surface area contributed by atoms with Crippen molar-refractivity contribution >= 4 is 16.0 Å². The quantitative estimate of drug-likeness (QED) is 0.864. The Morgan fingerprint density at radius 3 is 2.52 bits per heavy atom. The molecule has 0 unspecified atom stereocenters. The highest BCUT2D eigenvalue weighted by Gasteiger charge is 2.29. The Labute approximate surface area is 124 Å². The van der Waals surface area contributed by atoms with Crippen molar-refractivity contribution in [3.8, 4) is 0 Å². The maximum atomic E-state index is 12.6. The normalized spacial score (nSPS) is 17.0. The van der Waals surface area contributed by atoms with Crippen LogP contribution in [0, 0.1) is 0 Å². The molecule has 1 N–H and O–H groups in total. The van der Waals surface area contributed by atoms with Crippen LogP contribution in [0.25, 0.3) is 0 Å². The zero-order valence-corrected chi connectivity index (χ0v) is 13.2. The predicted octanol–water partition coefficient (Wildman–Crippen LogP) is 2.11. The fourth-order valence-corrected chi connectivity index (χ4v) is 3.95. The molecule has 116 valence electrons. The third kappa shape index (κ3) is 3.03. The van der Waals surface area contributed by atoms with Crippen LogP contribution in [0.5, 0.6) is 0 Å². The molecule has 6 nitrogen and oxygen atoms in total. The second-order valence-corrected chi connectivity index (χ2v) is 7.48. The Morgan fingerprint density at radius 2 is 2.05 bits per heavy atom. The van der Waals surface area contributed by atoms with E-state index in [9.17, 15) is 18.3 Å². The molecular formula is C14H20N2O4S. The van der Waals surface area contributed by atoms with E-state index in [2.05, 4.69) is 0 Å². The molecule has 0 saturated heterocycles. The molecule has 2 heterocycles. The lowest BCUT2D eigenvalue weighted by Crippen LogP contribution is -2.35. The van der Waals surface area contributed by atoms with Gasteiger partial charge in [0.25, 0.3) is 0 Å². The van der Waals surface area contributed by atoms with E-state index in [1.807, 2.05) is 26.8 Å². The zero-order valence-electron chi connectivity index (χ0n) is 12.4. The van der Waals surface area contributed by atoms with Gasteiger partial charge >= 0.3 is 5.97 Å². The van der Waals surface area contributed by atoms with Crippen molar-refractivity contribution < 1.29 is 18.3 Å². The molecule has 0 saturated carbocycles. The SMILES string of the molecule is CC1=CCCN(S(=O)(=O)c2cc(C(=O)O)n(C(C)C)c2)C1. The minimum atomic E-state index is -3.66. The van der Waals surface area contributed by atoms with Crippen LogP contribution in [0.2, 0.25) is 0 Å². The van der Waals surface area contributed by atoms with Crippen LogP contribution in [-0.4, -0.2) is 41.5 Å². The molecule has 0 spiro atoms. The predicted molar refractivity (Wildman–Crippen MR) is 78.9 cm³/mol. The number of sulfonamides is 1. The molecule has 0 aliphatic carbocycles. The van der Waals surface area contributed by atoms with Gasteiger partial charge in [-0.15, -0.1) is 0 Å². The number of aromatic nitrogens is 1. The van der Waals surface area contributed by atoms with Gasteiger partial charge in [-0.3, -0.25) is 0 Å². The van der Waals surface area contributed by atoms with E-state index in [-0.39, 0.29) is 16.6 Å². The van der Waals surface area contributed by atoms with Crippen LogP contribution in [0.4, 0.5) is 0 Å². The Bertz CT molecular complexity index is 686. The molecule has 0 amide bonds. The van der Waals surface area contributed by atoms with E-state index in [1.54, 1.807) is 0 Å². The first kappa shape index (κ1) is 15.8. The fourth-order valence-electron chi connectivity index (χ4n) is 2.42. The fraction of sp³-hybridized carbons (Fsp3) is 0.500. The topological polar surface area (TPSA) is 79.6 Å². The summed E-state index contributed by atoms with van der Waals surface area (Å²) >= 11 is 0. The minimum Gasteiger partial charge on any atom is -0.477 e. The lowest BCUT2D eigenvalue weighted by atomic mass is 10.2. The molecule has 0 atom stereocenters. The second kappa shape index (κ2) is 5.65. The lowest BCUT2D eigenvalue weighted by molar-refractivity contribution is 0.0683. The Morgan fingerprint density at radius 1 is 1.38 bits per heavy atom. The lowest BCUT2D eigenvalue weighted by Gasteiger charge is -2.24. The zero-order chi connectivity index (χ0) is 15.8. The number of nitrogens with zero attached hydrogens (tertiary/aromatic N) is 2. The summed E-state index contributed by atoms with van der Waals surface area (Å²) in [4.78, 5) is 11.3. The van der Waals surface area contributed by atoms with Gasteiger partial charge in [-0.05, 0) is 33.3 Å². The van der Waals surface area contributed by atoms with Gasteiger partial charge < -0.3 is 9.67 Å². The number of carboxylic acids is 1. The first-order valence-electron chi connectivity index (χ1n) is 6.84. The molecule has 0 fully saturated rings. The number of hydrogen-bond donors (Lipinski definition) is 1. The summed E-state index contributed by atoms with van der Waals surface area (Å²) in [7, 11) is -3.66. The van der Waals surface area contributed by atoms with Gasteiger partial charge in [0.1, 0.15) is 10.6 Å². The summed E-state index contributed by atoms with van der Waals surface area (Å²) in [5.41, 5.74) is 0.999.